The Morgan fingerprint density at radius 3 is 1.82 bits per heavy atom. The van der Waals surface area contributed by atoms with Gasteiger partial charge in [0.2, 0.25) is 0 Å². The maximum atomic E-state index is 5.75. The lowest BCUT2D eigenvalue weighted by Crippen LogP contribution is -1.96. The lowest BCUT2D eigenvalue weighted by Gasteiger charge is -2.06. The summed E-state index contributed by atoms with van der Waals surface area (Å²) < 4.78 is 1.74. The van der Waals surface area contributed by atoms with E-state index in [0.717, 1.165) is 26.0 Å². The summed E-state index contributed by atoms with van der Waals surface area (Å²) in [5, 5.41) is 0. The molecule has 0 aliphatic rings. The molecule has 1 aromatic rings. The maximum Gasteiger partial charge on any atom is 0.0640 e. The van der Waals surface area contributed by atoms with Crippen LogP contribution in [-0.2, 0) is 0 Å². The lowest BCUT2D eigenvalue weighted by molar-refractivity contribution is 1.10. The van der Waals surface area contributed by atoms with Crippen molar-refractivity contribution in [2.24, 2.45) is 0 Å². The molecule has 0 radical (unpaired) electrons. The number of nitrogens with zero attached hydrogens (tertiary/aromatic N) is 1. The molecule has 4 heteroatoms. The van der Waals surface area contributed by atoms with Crippen LogP contribution in [0.4, 0.5) is 5.69 Å². The van der Waals surface area contributed by atoms with Gasteiger partial charge in [-0.15, -0.1) is 0 Å². The second kappa shape index (κ2) is 3.11. The Kier molecular flexibility index (Phi) is 2.54. The topological polar surface area (TPSA) is 38.9 Å². The van der Waals surface area contributed by atoms with E-state index in [0.29, 0.717) is 0 Å². The van der Waals surface area contributed by atoms with Gasteiger partial charge >= 0.3 is 0 Å². The minimum atomic E-state index is 0.718. The molecule has 0 amide bonds. The third-order valence-electron chi connectivity index (χ3n) is 1.44. The molecule has 0 bridgehead atoms. The number of aromatic nitrogens is 1. The van der Waals surface area contributed by atoms with Gasteiger partial charge in [0.25, 0.3) is 0 Å². The minimum absolute atomic E-state index is 0.718. The zero-order valence-electron chi connectivity index (χ0n) is 6.28. The fourth-order valence-corrected chi connectivity index (χ4v) is 1.68. The van der Waals surface area contributed by atoms with Gasteiger partial charge in [0.1, 0.15) is 0 Å². The monoisotopic (exact) mass is 278 g/mol. The van der Waals surface area contributed by atoms with Gasteiger partial charge in [-0.2, -0.15) is 0 Å². The van der Waals surface area contributed by atoms with E-state index in [1.807, 2.05) is 13.8 Å². The molecule has 11 heavy (non-hydrogen) atoms. The highest BCUT2D eigenvalue weighted by Gasteiger charge is 2.07. The molecule has 1 aromatic heterocycles. The van der Waals surface area contributed by atoms with Gasteiger partial charge in [0.15, 0.2) is 0 Å². The summed E-state index contributed by atoms with van der Waals surface area (Å²) in [5.41, 5.74) is 8.31. The summed E-state index contributed by atoms with van der Waals surface area (Å²) in [4.78, 5) is 4.26. The van der Waals surface area contributed by atoms with Crippen LogP contribution in [0.1, 0.15) is 11.4 Å². The number of anilines is 1. The molecular weight excluding hydrogens is 272 g/mol. The Morgan fingerprint density at radius 1 is 1.09 bits per heavy atom. The number of halogens is 2. The van der Waals surface area contributed by atoms with Gasteiger partial charge in [0, 0.05) is 0 Å². The largest absolute Gasteiger partial charge is 0.397 e. The Labute approximate surface area is 82.5 Å². The average molecular weight is 280 g/mol. The molecule has 0 fully saturated rings. The molecule has 0 unspecified atom stereocenters. The number of hydrogen-bond acceptors (Lipinski definition) is 2. The first-order valence-corrected chi connectivity index (χ1v) is 4.70. The highest BCUT2D eigenvalue weighted by atomic mass is 79.9. The first-order chi connectivity index (χ1) is 5.04. The first-order valence-electron chi connectivity index (χ1n) is 3.11. The standard InChI is InChI=1S/C7H8Br2N2/c1-3-5(8)7(10)6(9)4(2)11-3/h1-2H3,(H2,10,11). The van der Waals surface area contributed by atoms with E-state index >= 15 is 0 Å². The molecular formula is C7H8Br2N2. The van der Waals surface area contributed by atoms with Gasteiger partial charge in [-0.05, 0) is 45.7 Å². The summed E-state index contributed by atoms with van der Waals surface area (Å²) in [6.07, 6.45) is 0. The van der Waals surface area contributed by atoms with E-state index in [9.17, 15) is 0 Å². The Balaban J connectivity index is 3.46. The van der Waals surface area contributed by atoms with Crippen molar-refractivity contribution in [1.82, 2.24) is 4.98 Å². The molecule has 0 aromatic carbocycles. The molecule has 0 atom stereocenters. The fourth-order valence-electron chi connectivity index (χ4n) is 0.836. The predicted molar refractivity (Wildman–Crippen MR) is 53.5 cm³/mol. The van der Waals surface area contributed by atoms with Crippen molar-refractivity contribution in [1.29, 1.82) is 0 Å². The molecule has 2 nitrogen and oxygen atoms in total. The predicted octanol–water partition coefficient (Wildman–Crippen LogP) is 2.81. The third-order valence-corrected chi connectivity index (χ3v) is 3.45. The van der Waals surface area contributed by atoms with Crippen LogP contribution in [0.5, 0.6) is 0 Å². The second-order valence-corrected chi connectivity index (χ2v) is 3.91. The van der Waals surface area contributed by atoms with Crippen LogP contribution in [0.3, 0.4) is 0 Å². The summed E-state index contributed by atoms with van der Waals surface area (Å²) in [7, 11) is 0. The van der Waals surface area contributed by atoms with Crippen LogP contribution in [0.15, 0.2) is 8.95 Å². The summed E-state index contributed by atoms with van der Waals surface area (Å²) >= 11 is 6.69. The number of nitrogens with two attached hydrogens (primary N) is 1. The van der Waals surface area contributed by atoms with Gasteiger partial charge in [-0.25, -0.2) is 0 Å². The summed E-state index contributed by atoms with van der Waals surface area (Å²) in [5.74, 6) is 0. The van der Waals surface area contributed by atoms with Gasteiger partial charge in [-0.3, -0.25) is 4.98 Å². The molecule has 2 N–H and O–H groups in total. The number of pyridine rings is 1. The van der Waals surface area contributed by atoms with Crippen molar-refractivity contribution in [2.75, 3.05) is 5.73 Å². The zero-order chi connectivity index (χ0) is 8.59. The Bertz CT molecular complexity index is 271. The first kappa shape index (κ1) is 9.00. The van der Waals surface area contributed by atoms with Crippen molar-refractivity contribution in [2.45, 2.75) is 13.8 Å². The quantitative estimate of drug-likeness (QED) is 0.793. The third kappa shape index (κ3) is 1.56. The maximum absolute atomic E-state index is 5.75. The average Bonchev–Trinajstić information content (AvgIpc) is 1.97. The Hall–Kier alpha value is -0.0900. The van der Waals surface area contributed by atoms with E-state index < -0.39 is 0 Å². The van der Waals surface area contributed by atoms with Gasteiger partial charge in [-0.1, -0.05) is 0 Å². The molecule has 60 valence electrons. The van der Waals surface area contributed by atoms with Crippen molar-refractivity contribution in [3.8, 4) is 0 Å². The van der Waals surface area contributed by atoms with Crippen LogP contribution < -0.4 is 5.73 Å². The highest BCUT2D eigenvalue weighted by Crippen LogP contribution is 2.31. The van der Waals surface area contributed by atoms with E-state index in [2.05, 4.69) is 36.8 Å². The van der Waals surface area contributed by atoms with E-state index in [1.54, 1.807) is 0 Å². The summed E-state index contributed by atoms with van der Waals surface area (Å²) in [6.45, 7) is 3.83. The van der Waals surface area contributed by atoms with Crippen molar-refractivity contribution < 1.29 is 0 Å². The molecule has 1 rings (SSSR count). The van der Waals surface area contributed by atoms with Crippen LogP contribution in [-0.4, -0.2) is 4.98 Å². The van der Waals surface area contributed by atoms with Gasteiger partial charge in [0.05, 0.1) is 26.0 Å². The minimum Gasteiger partial charge on any atom is -0.397 e. The Morgan fingerprint density at radius 2 is 1.45 bits per heavy atom. The van der Waals surface area contributed by atoms with Crippen LogP contribution in [0.25, 0.3) is 0 Å². The fraction of sp³-hybridized carbons (Fsp3) is 0.286. The van der Waals surface area contributed by atoms with Crippen molar-refractivity contribution in [3.05, 3.63) is 20.3 Å². The summed E-state index contributed by atoms with van der Waals surface area (Å²) in [6, 6.07) is 0. The normalized spacial score (nSPS) is 10.2. The lowest BCUT2D eigenvalue weighted by atomic mass is 10.3. The zero-order valence-corrected chi connectivity index (χ0v) is 9.45. The van der Waals surface area contributed by atoms with Crippen molar-refractivity contribution >= 4 is 37.5 Å². The molecule has 0 saturated carbocycles. The number of rotatable bonds is 0. The highest BCUT2D eigenvalue weighted by molar-refractivity contribution is 9.11. The smallest absolute Gasteiger partial charge is 0.0640 e. The van der Waals surface area contributed by atoms with E-state index in [1.165, 1.54) is 0 Å². The molecule has 0 aliphatic heterocycles. The second-order valence-electron chi connectivity index (χ2n) is 2.32. The van der Waals surface area contributed by atoms with E-state index in [-0.39, 0.29) is 0 Å². The SMILES string of the molecule is Cc1nc(C)c(Br)c(N)c1Br. The van der Waals surface area contributed by atoms with Gasteiger partial charge < -0.3 is 5.73 Å². The molecule has 1 heterocycles. The van der Waals surface area contributed by atoms with Crippen LogP contribution in [0, 0.1) is 13.8 Å². The van der Waals surface area contributed by atoms with E-state index in [4.69, 9.17) is 5.73 Å². The van der Waals surface area contributed by atoms with Crippen LogP contribution in [0.2, 0.25) is 0 Å². The number of aryl methyl sites for hydroxylation is 2. The van der Waals surface area contributed by atoms with Crippen LogP contribution >= 0.6 is 31.9 Å². The molecule has 0 saturated heterocycles. The molecule has 0 spiro atoms. The van der Waals surface area contributed by atoms with Crippen molar-refractivity contribution in [3.63, 3.8) is 0 Å². The molecule has 0 aliphatic carbocycles. The number of nitrogen functional groups attached to an aromatic ring is 1. The number of hydrogen-bond donors (Lipinski definition) is 1.